The minimum absolute atomic E-state index is 0.152. The van der Waals surface area contributed by atoms with Gasteiger partial charge in [0, 0.05) is 22.8 Å². The van der Waals surface area contributed by atoms with Crippen LogP contribution in [0.1, 0.15) is 35.2 Å². The van der Waals surface area contributed by atoms with Gasteiger partial charge >= 0.3 is 0 Å². The molecule has 0 aliphatic heterocycles. The van der Waals surface area contributed by atoms with Crippen molar-refractivity contribution in [3.63, 3.8) is 0 Å². The molecule has 0 bridgehead atoms. The van der Waals surface area contributed by atoms with Gasteiger partial charge in [-0.3, -0.25) is 16.3 Å². The maximum atomic E-state index is 13.2. The van der Waals surface area contributed by atoms with E-state index < -0.39 is 0 Å². The molecule has 1 heterocycles. The number of fused-ring (bicyclic) bond motifs is 1. The zero-order valence-electron chi connectivity index (χ0n) is 10.8. The summed E-state index contributed by atoms with van der Waals surface area (Å²) < 4.78 is 13.2. The largest absolute Gasteiger partial charge is 0.271 e. The van der Waals surface area contributed by atoms with Gasteiger partial charge in [-0.05, 0) is 42.2 Å². The van der Waals surface area contributed by atoms with Crippen LogP contribution in [0, 0.1) is 5.82 Å². The summed E-state index contributed by atoms with van der Waals surface area (Å²) in [5, 5.41) is 0.386. The second-order valence-corrected chi connectivity index (χ2v) is 5.41. The fraction of sp³-hybridized carbons (Fsp3) is 0.267. The maximum absolute atomic E-state index is 13.2. The maximum Gasteiger partial charge on any atom is 0.124 e. The minimum atomic E-state index is -0.348. The highest BCUT2D eigenvalue weighted by Gasteiger charge is 2.32. The normalized spacial score (nSPS) is 18.9. The molecule has 0 spiro atoms. The monoisotopic (exact) mass is 291 g/mol. The smallest absolute Gasteiger partial charge is 0.124 e. The van der Waals surface area contributed by atoms with Gasteiger partial charge in [0.05, 0.1) is 6.04 Å². The molecule has 1 aliphatic carbocycles. The SMILES string of the molecule is NNC(c1ccc(F)cc1Cl)C1CCc2cccnc21. The Kier molecular flexibility index (Phi) is 3.70. The Bertz CT molecular complexity index is 632. The lowest BCUT2D eigenvalue weighted by Gasteiger charge is -2.24. The van der Waals surface area contributed by atoms with Gasteiger partial charge < -0.3 is 0 Å². The fourth-order valence-corrected chi connectivity index (χ4v) is 3.23. The number of nitrogens with two attached hydrogens (primary N) is 1. The van der Waals surface area contributed by atoms with Crippen LogP contribution in [0.25, 0.3) is 0 Å². The van der Waals surface area contributed by atoms with Gasteiger partial charge in [-0.25, -0.2) is 4.39 Å². The van der Waals surface area contributed by atoms with E-state index in [1.165, 1.54) is 17.7 Å². The zero-order valence-corrected chi connectivity index (χ0v) is 11.6. The summed E-state index contributed by atoms with van der Waals surface area (Å²) >= 11 is 6.15. The van der Waals surface area contributed by atoms with Crippen LogP contribution < -0.4 is 11.3 Å². The fourth-order valence-electron chi connectivity index (χ4n) is 2.94. The number of benzene rings is 1. The van der Waals surface area contributed by atoms with E-state index in [1.54, 1.807) is 12.3 Å². The Morgan fingerprint density at radius 2 is 2.25 bits per heavy atom. The summed E-state index contributed by atoms with van der Waals surface area (Å²) in [4.78, 5) is 4.47. The number of hydrogen-bond donors (Lipinski definition) is 2. The Labute approximate surface area is 121 Å². The third-order valence-electron chi connectivity index (χ3n) is 3.88. The van der Waals surface area contributed by atoms with E-state index in [0.717, 1.165) is 24.1 Å². The highest BCUT2D eigenvalue weighted by molar-refractivity contribution is 6.31. The van der Waals surface area contributed by atoms with Crippen LogP contribution in [0.4, 0.5) is 4.39 Å². The molecule has 3 rings (SSSR count). The summed E-state index contributed by atoms with van der Waals surface area (Å²) in [5.74, 6) is 5.52. The number of nitrogens with one attached hydrogen (secondary N) is 1. The van der Waals surface area contributed by atoms with Crippen molar-refractivity contribution < 1.29 is 4.39 Å². The van der Waals surface area contributed by atoms with E-state index in [1.807, 2.05) is 6.07 Å². The average molecular weight is 292 g/mol. The first-order chi connectivity index (χ1) is 9.70. The summed E-state index contributed by atoms with van der Waals surface area (Å²) in [6.45, 7) is 0. The van der Waals surface area contributed by atoms with Gasteiger partial charge in [0.25, 0.3) is 0 Å². The number of aryl methyl sites for hydroxylation is 1. The summed E-state index contributed by atoms with van der Waals surface area (Å²) in [7, 11) is 0. The molecule has 0 saturated carbocycles. The first kappa shape index (κ1) is 13.5. The van der Waals surface area contributed by atoms with Gasteiger partial charge in [0.1, 0.15) is 5.82 Å². The number of hydrazine groups is 1. The van der Waals surface area contributed by atoms with Gasteiger partial charge in [0.15, 0.2) is 0 Å². The van der Waals surface area contributed by atoms with Crippen LogP contribution >= 0.6 is 11.6 Å². The highest BCUT2D eigenvalue weighted by Crippen LogP contribution is 2.41. The Hall–Kier alpha value is -1.49. The molecule has 2 aromatic rings. The van der Waals surface area contributed by atoms with Crippen LogP contribution in [-0.2, 0) is 6.42 Å². The van der Waals surface area contributed by atoms with Crippen LogP contribution in [0.3, 0.4) is 0 Å². The molecule has 3 nitrogen and oxygen atoms in total. The summed E-state index contributed by atoms with van der Waals surface area (Å²) in [6, 6.07) is 8.26. The number of rotatable bonds is 3. The molecular weight excluding hydrogens is 277 g/mol. The van der Waals surface area contributed by atoms with Crippen LogP contribution in [0.5, 0.6) is 0 Å². The topological polar surface area (TPSA) is 50.9 Å². The summed E-state index contributed by atoms with van der Waals surface area (Å²) in [5.41, 5.74) is 5.92. The van der Waals surface area contributed by atoms with E-state index in [-0.39, 0.29) is 17.8 Å². The van der Waals surface area contributed by atoms with Gasteiger partial charge in [0.2, 0.25) is 0 Å². The number of aromatic nitrogens is 1. The molecule has 1 aromatic carbocycles. The first-order valence-electron chi connectivity index (χ1n) is 6.55. The molecule has 0 fully saturated rings. The molecule has 20 heavy (non-hydrogen) atoms. The van der Waals surface area contributed by atoms with Crippen molar-refractivity contribution in [2.45, 2.75) is 24.8 Å². The molecule has 1 aromatic heterocycles. The first-order valence-corrected chi connectivity index (χ1v) is 6.93. The van der Waals surface area contributed by atoms with Crippen molar-refractivity contribution in [2.75, 3.05) is 0 Å². The number of hydrogen-bond acceptors (Lipinski definition) is 3. The quantitative estimate of drug-likeness (QED) is 0.675. The predicted octanol–water partition coefficient (Wildman–Crippen LogP) is 3.11. The lowest BCUT2D eigenvalue weighted by molar-refractivity contribution is 0.446. The third kappa shape index (κ3) is 2.30. The second kappa shape index (κ2) is 5.48. The third-order valence-corrected chi connectivity index (χ3v) is 4.21. The van der Waals surface area contributed by atoms with Crippen molar-refractivity contribution in [3.8, 4) is 0 Å². The Morgan fingerprint density at radius 1 is 1.40 bits per heavy atom. The van der Waals surface area contributed by atoms with Crippen LogP contribution in [0.15, 0.2) is 36.5 Å². The van der Waals surface area contributed by atoms with E-state index in [0.29, 0.717) is 5.02 Å². The van der Waals surface area contributed by atoms with E-state index in [4.69, 9.17) is 17.4 Å². The predicted molar refractivity (Wildman–Crippen MR) is 76.8 cm³/mol. The molecule has 0 radical (unpaired) electrons. The molecule has 1 aliphatic rings. The molecule has 104 valence electrons. The molecule has 0 saturated heterocycles. The van der Waals surface area contributed by atoms with Crippen molar-refractivity contribution in [1.29, 1.82) is 0 Å². The average Bonchev–Trinajstić information content (AvgIpc) is 2.86. The zero-order chi connectivity index (χ0) is 14.1. The highest BCUT2D eigenvalue weighted by atomic mass is 35.5. The molecule has 5 heteroatoms. The molecule has 0 amide bonds. The number of pyridine rings is 1. The van der Waals surface area contributed by atoms with Crippen molar-refractivity contribution in [2.24, 2.45) is 5.84 Å². The lowest BCUT2D eigenvalue weighted by atomic mass is 9.91. The van der Waals surface area contributed by atoms with E-state index in [2.05, 4.69) is 16.5 Å². The van der Waals surface area contributed by atoms with Crippen LogP contribution in [0.2, 0.25) is 5.02 Å². The number of halogens is 2. The Balaban J connectivity index is 1.99. The molecule has 2 unspecified atom stereocenters. The standard InChI is InChI=1S/C15H15ClFN3/c16-13-8-10(17)4-6-11(13)15(20-18)12-5-3-9-2-1-7-19-14(9)12/h1-2,4,6-8,12,15,20H,3,5,18H2. The number of nitrogens with zero attached hydrogens (tertiary/aromatic N) is 1. The van der Waals surface area contributed by atoms with E-state index in [9.17, 15) is 4.39 Å². The van der Waals surface area contributed by atoms with Gasteiger partial charge in [-0.1, -0.05) is 23.7 Å². The molecule has 2 atom stereocenters. The lowest BCUT2D eigenvalue weighted by Crippen LogP contribution is -2.32. The molecular formula is C15H15ClFN3. The van der Waals surface area contributed by atoms with E-state index >= 15 is 0 Å². The van der Waals surface area contributed by atoms with Gasteiger partial charge in [-0.2, -0.15) is 0 Å². The summed E-state index contributed by atoms with van der Waals surface area (Å²) in [6.07, 6.45) is 3.72. The van der Waals surface area contributed by atoms with Gasteiger partial charge in [-0.15, -0.1) is 0 Å². The minimum Gasteiger partial charge on any atom is -0.271 e. The van der Waals surface area contributed by atoms with Crippen molar-refractivity contribution in [1.82, 2.24) is 10.4 Å². The Morgan fingerprint density at radius 3 is 3.00 bits per heavy atom. The second-order valence-electron chi connectivity index (χ2n) is 5.00. The molecule has 3 N–H and O–H groups in total. The van der Waals surface area contributed by atoms with Crippen molar-refractivity contribution in [3.05, 3.63) is 64.2 Å². The van der Waals surface area contributed by atoms with Crippen molar-refractivity contribution >= 4 is 11.6 Å². The van der Waals surface area contributed by atoms with Crippen LogP contribution in [-0.4, -0.2) is 4.98 Å².